The van der Waals surface area contributed by atoms with Crippen molar-refractivity contribution in [3.63, 3.8) is 0 Å². The Morgan fingerprint density at radius 1 is 1.12 bits per heavy atom. The van der Waals surface area contributed by atoms with Gasteiger partial charge in [-0.25, -0.2) is 4.98 Å². The van der Waals surface area contributed by atoms with E-state index in [1.807, 2.05) is 24.3 Å². The Morgan fingerprint density at radius 3 is 2.53 bits per heavy atom. The molecule has 2 N–H and O–H groups in total. The molecule has 0 atom stereocenters. The van der Waals surface area contributed by atoms with Crippen molar-refractivity contribution < 1.29 is 0 Å². The van der Waals surface area contributed by atoms with Gasteiger partial charge in [0.2, 0.25) is 0 Å². The van der Waals surface area contributed by atoms with Crippen LogP contribution in [0.3, 0.4) is 0 Å². The van der Waals surface area contributed by atoms with E-state index < -0.39 is 0 Å². The zero-order valence-corrected chi connectivity index (χ0v) is 12.8. The van der Waals surface area contributed by atoms with E-state index >= 15 is 0 Å². The SMILES string of the molecule is NCc1ccc(Br)cc1Sc1ccc(Br)cn1. The Kier molecular flexibility index (Phi) is 4.62. The molecule has 17 heavy (non-hydrogen) atoms. The fourth-order valence-electron chi connectivity index (χ4n) is 1.33. The van der Waals surface area contributed by atoms with Gasteiger partial charge in [0.15, 0.2) is 0 Å². The van der Waals surface area contributed by atoms with E-state index in [4.69, 9.17) is 5.73 Å². The molecule has 0 aliphatic carbocycles. The van der Waals surface area contributed by atoms with Crippen molar-refractivity contribution in [2.45, 2.75) is 16.5 Å². The zero-order chi connectivity index (χ0) is 12.3. The van der Waals surface area contributed by atoms with Crippen LogP contribution in [0, 0.1) is 0 Å². The molecule has 1 aromatic carbocycles. The number of hydrogen-bond acceptors (Lipinski definition) is 3. The second kappa shape index (κ2) is 6.00. The summed E-state index contributed by atoms with van der Waals surface area (Å²) in [5.41, 5.74) is 6.85. The van der Waals surface area contributed by atoms with Gasteiger partial charge in [-0.05, 0) is 45.8 Å². The van der Waals surface area contributed by atoms with E-state index in [0.717, 1.165) is 24.4 Å². The van der Waals surface area contributed by atoms with E-state index in [1.165, 1.54) is 0 Å². The van der Waals surface area contributed by atoms with Gasteiger partial charge in [-0.1, -0.05) is 33.8 Å². The van der Waals surface area contributed by atoms with Gasteiger partial charge < -0.3 is 5.73 Å². The van der Waals surface area contributed by atoms with E-state index in [0.29, 0.717) is 6.54 Å². The number of pyridine rings is 1. The fraction of sp³-hybridized carbons (Fsp3) is 0.0833. The van der Waals surface area contributed by atoms with E-state index in [-0.39, 0.29) is 0 Å². The molecular weight excluding hydrogens is 364 g/mol. The monoisotopic (exact) mass is 372 g/mol. The van der Waals surface area contributed by atoms with Gasteiger partial charge in [0.1, 0.15) is 5.03 Å². The van der Waals surface area contributed by atoms with Crippen LogP contribution in [0.5, 0.6) is 0 Å². The molecule has 0 saturated carbocycles. The molecule has 0 amide bonds. The van der Waals surface area contributed by atoms with Crippen LogP contribution in [-0.4, -0.2) is 4.98 Å². The average Bonchev–Trinajstić information content (AvgIpc) is 2.32. The molecule has 1 heterocycles. The predicted octanol–water partition coefficient (Wildman–Crippen LogP) is 4.22. The summed E-state index contributed by atoms with van der Waals surface area (Å²) in [4.78, 5) is 5.47. The van der Waals surface area contributed by atoms with Crippen molar-refractivity contribution in [1.29, 1.82) is 0 Å². The Bertz CT molecular complexity index is 514. The molecule has 2 nitrogen and oxygen atoms in total. The summed E-state index contributed by atoms with van der Waals surface area (Å²) in [7, 11) is 0. The summed E-state index contributed by atoms with van der Waals surface area (Å²) < 4.78 is 2.03. The van der Waals surface area contributed by atoms with Crippen molar-refractivity contribution in [2.24, 2.45) is 5.73 Å². The minimum absolute atomic E-state index is 0.534. The normalized spacial score (nSPS) is 10.5. The van der Waals surface area contributed by atoms with Crippen molar-refractivity contribution >= 4 is 43.6 Å². The smallest absolute Gasteiger partial charge is 0.101 e. The molecule has 5 heteroatoms. The summed E-state index contributed by atoms with van der Waals surface area (Å²) >= 11 is 8.46. The number of nitrogens with zero attached hydrogens (tertiary/aromatic N) is 1. The summed E-state index contributed by atoms with van der Waals surface area (Å²) in [6.45, 7) is 0.534. The second-order valence-electron chi connectivity index (χ2n) is 3.37. The van der Waals surface area contributed by atoms with E-state index in [9.17, 15) is 0 Å². The third-order valence-corrected chi connectivity index (χ3v) is 4.18. The van der Waals surface area contributed by atoms with Crippen LogP contribution in [0.25, 0.3) is 0 Å². The van der Waals surface area contributed by atoms with Crippen LogP contribution in [0.1, 0.15) is 5.56 Å². The van der Waals surface area contributed by atoms with E-state index in [1.54, 1.807) is 18.0 Å². The molecule has 0 unspecified atom stereocenters. The fourth-order valence-corrected chi connectivity index (χ4v) is 3.01. The summed E-state index contributed by atoms with van der Waals surface area (Å²) in [6, 6.07) is 10.1. The van der Waals surface area contributed by atoms with Crippen LogP contribution in [-0.2, 0) is 6.54 Å². The molecule has 0 radical (unpaired) electrons. The molecular formula is C12H10Br2N2S. The number of hydrogen-bond donors (Lipinski definition) is 1. The van der Waals surface area contributed by atoms with Crippen LogP contribution >= 0.6 is 43.6 Å². The summed E-state index contributed by atoms with van der Waals surface area (Å²) in [5.74, 6) is 0. The van der Waals surface area contributed by atoms with Crippen molar-refractivity contribution in [3.05, 3.63) is 51.0 Å². The Hall–Kier alpha value is -0.360. The Balaban J connectivity index is 2.28. The zero-order valence-electron chi connectivity index (χ0n) is 8.86. The van der Waals surface area contributed by atoms with Crippen LogP contribution in [0.15, 0.2) is 55.4 Å². The first-order valence-corrected chi connectivity index (χ1v) is 7.37. The highest BCUT2D eigenvalue weighted by molar-refractivity contribution is 9.10. The van der Waals surface area contributed by atoms with Gasteiger partial charge in [-0.3, -0.25) is 0 Å². The molecule has 2 aromatic rings. The van der Waals surface area contributed by atoms with Crippen LogP contribution < -0.4 is 5.73 Å². The minimum atomic E-state index is 0.534. The second-order valence-corrected chi connectivity index (χ2v) is 6.27. The van der Waals surface area contributed by atoms with Crippen molar-refractivity contribution in [3.8, 4) is 0 Å². The molecule has 2 rings (SSSR count). The molecule has 88 valence electrons. The lowest BCUT2D eigenvalue weighted by Crippen LogP contribution is -1.98. The topological polar surface area (TPSA) is 38.9 Å². The Labute approximate surface area is 121 Å². The number of benzene rings is 1. The third-order valence-electron chi connectivity index (χ3n) is 2.16. The highest BCUT2D eigenvalue weighted by Crippen LogP contribution is 2.31. The minimum Gasteiger partial charge on any atom is -0.326 e. The van der Waals surface area contributed by atoms with Crippen molar-refractivity contribution in [2.75, 3.05) is 0 Å². The molecule has 1 aromatic heterocycles. The number of halogens is 2. The first kappa shape index (κ1) is 13.1. The number of aromatic nitrogens is 1. The largest absolute Gasteiger partial charge is 0.326 e. The van der Waals surface area contributed by atoms with Gasteiger partial charge in [-0.15, -0.1) is 0 Å². The quantitative estimate of drug-likeness (QED) is 0.875. The maximum Gasteiger partial charge on any atom is 0.101 e. The van der Waals surface area contributed by atoms with Gasteiger partial charge in [0.05, 0.1) is 0 Å². The number of nitrogens with two attached hydrogens (primary N) is 1. The standard InChI is InChI=1S/C12H10Br2N2S/c13-9-2-1-8(6-15)11(5-9)17-12-4-3-10(14)7-16-12/h1-5,7H,6,15H2. The molecule has 0 fully saturated rings. The molecule has 0 spiro atoms. The lowest BCUT2D eigenvalue weighted by atomic mass is 10.2. The summed E-state index contributed by atoms with van der Waals surface area (Å²) in [6.07, 6.45) is 1.79. The molecule has 0 bridgehead atoms. The van der Waals surface area contributed by atoms with Gasteiger partial charge in [0, 0.05) is 26.6 Å². The first-order valence-electron chi connectivity index (χ1n) is 4.97. The van der Waals surface area contributed by atoms with Crippen LogP contribution in [0.2, 0.25) is 0 Å². The number of rotatable bonds is 3. The summed E-state index contributed by atoms with van der Waals surface area (Å²) in [5, 5.41) is 0.959. The highest BCUT2D eigenvalue weighted by atomic mass is 79.9. The average molecular weight is 374 g/mol. The third kappa shape index (κ3) is 3.55. The molecule has 0 aliphatic rings. The van der Waals surface area contributed by atoms with Crippen LogP contribution in [0.4, 0.5) is 0 Å². The highest BCUT2D eigenvalue weighted by Gasteiger charge is 2.05. The molecule has 0 aliphatic heterocycles. The maximum absolute atomic E-state index is 5.72. The van der Waals surface area contributed by atoms with Gasteiger partial charge in [0.25, 0.3) is 0 Å². The Morgan fingerprint density at radius 2 is 1.88 bits per heavy atom. The lowest BCUT2D eigenvalue weighted by Gasteiger charge is -2.07. The van der Waals surface area contributed by atoms with Crippen molar-refractivity contribution in [1.82, 2.24) is 4.98 Å². The molecule has 0 saturated heterocycles. The van der Waals surface area contributed by atoms with E-state index in [2.05, 4.69) is 42.9 Å². The first-order chi connectivity index (χ1) is 8.19. The maximum atomic E-state index is 5.72. The lowest BCUT2D eigenvalue weighted by molar-refractivity contribution is 1.02. The van der Waals surface area contributed by atoms with Gasteiger partial charge >= 0.3 is 0 Å². The predicted molar refractivity (Wildman–Crippen MR) is 78.1 cm³/mol. The van der Waals surface area contributed by atoms with Gasteiger partial charge in [-0.2, -0.15) is 0 Å².